The SMILES string of the molecule is CCC1OCCC1CNC(=O)C(N)c1cnn(C)c1. The van der Waals surface area contributed by atoms with Crippen molar-refractivity contribution >= 4 is 5.91 Å². The van der Waals surface area contributed by atoms with Gasteiger partial charge in [0.05, 0.1) is 12.3 Å². The Hall–Kier alpha value is -1.40. The molecule has 2 heterocycles. The number of rotatable bonds is 5. The fraction of sp³-hybridized carbons (Fsp3) is 0.692. The van der Waals surface area contributed by atoms with Crippen molar-refractivity contribution in [2.24, 2.45) is 18.7 Å². The van der Waals surface area contributed by atoms with Crippen LogP contribution in [0.5, 0.6) is 0 Å². The van der Waals surface area contributed by atoms with Crippen LogP contribution in [0.2, 0.25) is 0 Å². The van der Waals surface area contributed by atoms with E-state index in [9.17, 15) is 4.79 Å². The molecule has 0 spiro atoms. The molecule has 6 nitrogen and oxygen atoms in total. The van der Waals surface area contributed by atoms with E-state index in [-0.39, 0.29) is 12.0 Å². The van der Waals surface area contributed by atoms with Gasteiger partial charge in [0.25, 0.3) is 0 Å². The number of amides is 1. The van der Waals surface area contributed by atoms with Crippen LogP contribution in [0.15, 0.2) is 12.4 Å². The highest BCUT2D eigenvalue weighted by molar-refractivity contribution is 5.82. The molecule has 1 saturated heterocycles. The average Bonchev–Trinajstić information content (AvgIpc) is 3.03. The zero-order valence-electron chi connectivity index (χ0n) is 11.5. The highest BCUT2D eigenvalue weighted by Gasteiger charge is 2.27. The van der Waals surface area contributed by atoms with Crippen molar-refractivity contribution < 1.29 is 9.53 Å². The predicted octanol–water partition coefficient (Wildman–Crippen LogP) is 0.351. The molecule has 1 aromatic rings. The van der Waals surface area contributed by atoms with Crippen LogP contribution in [-0.2, 0) is 16.6 Å². The minimum absolute atomic E-state index is 0.158. The second-order valence-corrected chi connectivity index (χ2v) is 5.04. The van der Waals surface area contributed by atoms with Gasteiger partial charge in [0, 0.05) is 37.9 Å². The zero-order valence-corrected chi connectivity index (χ0v) is 11.5. The minimum atomic E-state index is -0.656. The number of aromatic nitrogens is 2. The van der Waals surface area contributed by atoms with Gasteiger partial charge < -0.3 is 15.8 Å². The van der Waals surface area contributed by atoms with Crippen molar-refractivity contribution in [1.29, 1.82) is 0 Å². The number of hydrogen-bond donors (Lipinski definition) is 2. The number of nitrogens with zero attached hydrogens (tertiary/aromatic N) is 2. The van der Waals surface area contributed by atoms with Crippen molar-refractivity contribution in [2.45, 2.75) is 31.9 Å². The molecule has 1 amide bonds. The lowest BCUT2D eigenvalue weighted by Crippen LogP contribution is -2.38. The molecule has 1 fully saturated rings. The molecule has 0 radical (unpaired) electrons. The summed E-state index contributed by atoms with van der Waals surface area (Å²) in [5.74, 6) is 0.241. The van der Waals surface area contributed by atoms with Gasteiger partial charge in [-0.05, 0) is 12.8 Å². The number of nitrogens with one attached hydrogen (secondary N) is 1. The van der Waals surface area contributed by atoms with Crippen molar-refractivity contribution in [3.05, 3.63) is 18.0 Å². The number of carbonyl (C=O) groups is 1. The second-order valence-electron chi connectivity index (χ2n) is 5.04. The first-order valence-corrected chi connectivity index (χ1v) is 6.75. The minimum Gasteiger partial charge on any atom is -0.378 e. The first-order chi connectivity index (χ1) is 9.11. The first-order valence-electron chi connectivity index (χ1n) is 6.75. The number of aryl methyl sites for hydroxylation is 1. The lowest BCUT2D eigenvalue weighted by atomic mass is 9.99. The van der Waals surface area contributed by atoms with Gasteiger partial charge in [0.1, 0.15) is 6.04 Å². The third-order valence-electron chi connectivity index (χ3n) is 3.65. The zero-order chi connectivity index (χ0) is 13.8. The topological polar surface area (TPSA) is 82.2 Å². The summed E-state index contributed by atoms with van der Waals surface area (Å²) in [4.78, 5) is 12.0. The number of ether oxygens (including phenoxy) is 1. The lowest BCUT2D eigenvalue weighted by Gasteiger charge is -2.18. The fourth-order valence-electron chi connectivity index (χ4n) is 2.47. The summed E-state index contributed by atoms with van der Waals surface area (Å²) in [5.41, 5.74) is 6.64. The molecule has 1 aromatic heterocycles. The maximum absolute atomic E-state index is 12.0. The van der Waals surface area contributed by atoms with Crippen molar-refractivity contribution in [3.8, 4) is 0 Å². The lowest BCUT2D eigenvalue weighted by molar-refractivity contribution is -0.122. The normalized spacial score (nSPS) is 24.4. The van der Waals surface area contributed by atoms with Crippen LogP contribution in [0.1, 0.15) is 31.4 Å². The van der Waals surface area contributed by atoms with E-state index in [1.165, 1.54) is 0 Å². The van der Waals surface area contributed by atoms with Gasteiger partial charge >= 0.3 is 0 Å². The summed E-state index contributed by atoms with van der Waals surface area (Å²) in [6.45, 7) is 3.52. The number of nitrogens with two attached hydrogens (primary N) is 1. The maximum atomic E-state index is 12.0. The fourth-order valence-corrected chi connectivity index (χ4v) is 2.47. The summed E-state index contributed by atoms with van der Waals surface area (Å²) in [5, 5.41) is 6.94. The first kappa shape index (κ1) is 14.0. The Morgan fingerprint density at radius 2 is 2.53 bits per heavy atom. The van der Waals surface area contributed by atoms with Gasteiger partial charge in [0.15, 0.2) is 0 Å². The van der Waals surface area contributed by atoms with E-state index < -0.39 is 6.04 Å². The third-order valence-corrected chi connectivity index (χ3v) is 3.65. The highest BCUT2D eigenvalue weighted by Crippen LogP contribution is 2.22. The van der Waals surface area contributed by atoms with Crippen LogP contribution in [0.4, 0.5) is 0 Å². The van der Waals surface area contributed by atoms with E-state index in [2.05, 4.69) is 17.3 Å². The van der Waals surface area contributed by atoms with E-state index in [4.69, 9.17) is 10.5 Å². The Morgan fingerprint density at radius 3 is 3.16 bits per heavy atom. The summed E-state index contributed by atoms with van der Waals surface area (Å²) in [6.07, 6.45) is 5.63. The van der Waals surface area contributed by atoms with Crippen molar-refractivity contribution in [3.63, 3.8) is 0 Å². The molecular weight excluding hydrogens is 244 g/mol. The molecule has 3 N–H and O–H groups in total. The molecule has 6 heteroatoms. The molecule has 0 aromatic carbocycles. The molecule has 19 heavy (non-hydrogen) atoms. The molecule has 1 aliphatic rings. The van der Waals surface area contributed by atoms with Crippen LogP contribution < -0.4 is 11.1 Å². The highest BCUT2D eigenvalue weighted by atomic mass is 16.5. The summed E-state index contributed by atoms with van der Waals surface area (Å²) in [7, 11) is 1.80. The molecule has 1 aliphatic heterocycles. The Labute approximate surface area is 113 Å². The van der Waals surface area contributed by atoms with Crippen LogP contribution in [0.25, 0.3) is 0 Å². The van der Waals surface area contributed by atoms with Gasteiger partial charge in [-0.1, -0.05) is 6.92 Å². The summed E-state index contributed by atoms with van der Waals surface area (Å²) >= 11 is 0. The predicted molar refractivity (Wildman–Crippen MR) is 71.3 cm³/mol. The molecule has 0 aliphatic carbocycles. The van der Waals surface area contributed by atoms with E-state index in [0.29, 0.717) is 12.5 Å². The molecule has 3 unspecified atom stereocenters. The Morgan fingerprint density at radius 1 is 1.74 bits per heavy atom. The Kier molecular flexibility index (Phi) is 4.55. The van der Waals surface area contributed by atoms with Crippen LogP contribution in [0, 0.1) is 5.92 Å². The standard InChI is InChI=1S/C13H22N4O2/c1-3-11-9(4-5-19-11)6-15-13(18)12(14)10-7-16-17(2)8-10/h7-9,11-12H,3-6,14H2,1-2H3,(H,15,18). The molecule has 0 saturated carbocycles. The van der Waals surface area contributed by atoms with Gasteiger partial charge in [-0.15, -0.1) is 0 Å². The smallest absolute Gasteiger partial charge is 0.241 e. The molecular formula is C13H22N4O2. The molecule has 2 rings (SSSR count). The van der Waals surface area contributed by atoms with Crippen LogP contribution in [0.3, 0.4) is 0 Å². The Bertz CT molecular complexity index is 432. The van der Waals surface area contributed by atoms with Gasteiger partial charge in [-0.2, -0.15) is 5.10 Å². The molecule has 0 bridgehead atoms. The third kappa shape index (κ3) is 3.33. The van der Waals surface area contributed by atoms with Gasteiger partial charge in [0.2, 0.25) is 5.91 Å². The van der Waals surface area contributed by atoms with E-state index in [0.717, 1.165) is 25.0 Å². The summed E-state index contributed by atoms with van der Waals surface area (Å²) < 4.78 is 7.24. The number of carbonyl (C=O) groups excluding carboxylic acids is 1. The molecule has 106 valence electrons. The quantitative estimate of drug-likeness (QED) is 0.805. The van der Waals surface area contributed by atoms with Crippen molar-refractivity contribution in [2.75, 3.05) is 13.2 Å². The van der Waals surface area contributed by atoms with Crippen LogP contribution >= 0.6 is 0 Å². The molecule has 3 atom stereocenters. The van der Waals surface area contributed by atoms with Crippen LogP contribution in [-0.4, -0.2) is 34.9 Å². The van der Waals surface area contributed by atoms with E-state index in [1.54, 1.807) is 24.1 Å². The van der Waals surface area contributed by atoms with Crippen molar-refractivity contribution in [1.82, 2.24) is 15.1 Å². The van der Waals surface area contributed by atoms with E-state index in [1.807, 2.05) is 0 Å². The van der Waals surface area contributed by atoms with E-state index >= 15 is 0 Å². The largest absolute Gasteiger partial charge is 0.378 e. The van der Waals surface area contributed by atoms with Gasteiger partial charge in [-0.25, -0.2) is 0 Å². The monoisotopic (exact) mass is 266 g/mol. The average molecular weight is 266 g/mol. The number of hydrogen-bond acceptors (Lipinski definition) is 4. The Balaban J connectivity index is 1.84. The van der Waals surface area contributed by atoms with Gasteiger partial charge in [-0.3, -0.25) is 9.48 Å². The summed E-state index contributed by atoms with van der Waals surface area (Å²) in [6, 6.07) is -0.656. The maximum Gasteiger partial charge on any atom is 0.241 e. The second kappa shape index (κ2) is 6.16.